The molecule has 14 heavy (non-hydrogen) atoms. The molecule has 0 bridgehead atoms. The number of rotatable bonds is 6. The second-order valence-corrected chi connectivity index (χ2v) is 4.07. The maximum absolute atomic E-state index is 11.4. The lowest BCUT2D eigenvalue weighted by Crippen LogP contribution is -2.14. The molecule has 0 aromatic heterocycles. The Hall–Kier alpha value is -0.700. The number of ketones is 1. The Morgan fingerprint density at radius 1 is 1.14 bits per heavy atom. The van der Waals surface area contributed by atoms with Crippen molar-refractivity contribution in [2.45, 2.75) is 40.5 Å². The first-order valence-corrected chi connectivity index (χ1v) is 5.15. The maximum Gasteiger partial charge on any atom is 0.135 e. The van der Waals surface area contributed by atoms with Gasteiger partial charge in [0.05, 0.1) is 0 Å². The molecule has 0 saturated heterocycles. The molecule has 3 heteroatoms. The monoisotopic (exact) mass is 199 g/mol. The van der Waals surface area contributed by atoms with Crippen LogP contribution in [0.1, 0.15) is 40.5 Å². The molecule has 0 aliphatic rings. The largest absolute Gasteiger partial charge is 0.375 e. The highest BCUT2D eigenvalue weighted by molar-refractivity contribution is 5.90. The van der Waals surface area contributed by atoms with E-state index >= 15 is 0 Å². The molecule has 0 radical (unpaired) electrons. The summed E-state index contributed by atoms with van der Waals surface area (Å²) in [4.78, 5) is 15.3. The van der Waals surface area contributed by atoms with E-state index in [4.69, 9.17) is 5.11 Å². The van der Waals surface area contributed by atoms with Crippen LogP contribution in [0.25, 0.3) is 0 Å². The normalized spacial score (nSPS) is 12.6. The van der Waals surface area contributed by atoms with Crippen molar-refractivity contribution in [2.75, 3.05) is 6.73 Å². The highest BCUT2D eigenvalue weighted by atomic mass is 16.3. The van der Waals surface area contributed by atoms with Gasteiger partial charge in [-0.05, 0) is 12.3 Å². The average molecular weight is 199 g/mol. The van der Waals surface area contributed by atoms with E-state index < -0.39 is 0 Å². The molecule has 0 aliphatic heterocycles. The van der Waals surface area contributed by atoms with E-state index in [1.807, 2.05) is 27.7 Å². The summed E-state index contributed by atoms with van der Waals surface area (Å²) in [5.41, 5.74) is 0.932. The first kappa shape index (κ1) is 13.3. The van der Waals surface area contributed by atoms with Crippen LogP contribution < -0.4 is 0 Å². The number of Topliss-reactive ketones (excluding diaryl/α,β-unsaturated/α-hetero) is 1. The van der Waals surface area contributed by atoms with E-state index in [1.165, 1.54) is 0 Å². The van der Waals surface area contributed by atoms with Crippen LogP contribution in [-0.4, -0.2) is 23.3 Å². The minimum Gasteiger partial charge on any atom is -0.375 e. The third kappa shape index (κ3) is 5.12. The highest BCUT2D eigenvalue weighted by Crippen LogP contribution is 2.08. The topological polar surface area (TPSA) is 49.7 Å². The maximum atomic E-state index is 11.4. The van der Waals surface area contributed by atoms with Crippen molar-refractivity contribution in [2.24, 2.45) is 16.8 Å². The molecule has 0 saturated carbocycles. The Kier molecular flexibility index (Phi) is 6.37. The SMILES string of the molecule is CC(C)C(=O)CC/C(=N/CO)C(C)C. The fraction of sp³-hybridized carbons (Fsp3) is 0.818. The van der Waals surface area contributed by atoms with Crippen LogP contribution in [-0.2, 0) is 4.79 Å². The van der Waals surface area contributed by atoms with Gasteiger partial charge in [0.2, 0.25) is 0 Å². The number of hydrogen-bond donors (Lipinski definition) is 1. The van der Waals surface area contributed by atoms with E-state index in [1.54, 1.807) is 0 Å². The second kappa shape index (κ2) is 6.71. The Balaban J connectivity index is 4.08. The van der Waals surface area contributed by atoms with E-state index in [0.717, 1.165) is 5.71 Å². The van der Waals surface area contributed by atoms with Gasteiger partial charge in [0.15, 0.2) is 0 Å². The van der Waals surface area contributed by atoms with Gasteiger partial charge in [-0.1, -0.05) is 27.7 Å². The number of carbonyl (C=O) groups excluding carboxylic acids is 1. The van der Waals surface area contributed by atoms with Crippen LogP contribution in [0.3, 0.4) is 0 Å². The zero-order chi connectivity index (χ0) is 11.1. The molecule has 0 spiro atoms. The first-order chi connectivity index (χ1) is 6.49. The third-order valence-electron chi connectivity index (χ3n) is 2.21. The van der Waals surface area contributed by atoms with Gasteiger partial charge in [-0.15, -0.1) is 0 Å². The predicted octanol–water partition coefficient (Wildman–Crippen LogP) is 2.04. The molecule has 0 heterocycles. The van der Waals surface area contributed by atoms with E-state index in [-0.39, 0.29) is 18.4 Å². The van der Waals surface area contributed by atoms with E-state index in [9.17, 15) is 4.79 Å². The molecule has 0 aromatic rings. The molecule has 0 aliphatic carbocycles. The van der Waals surface area contributed by atoms with Crippen molar-refractivity contribution in [1.29, 1.82) is 0 Å². The van der Waals surface area contributed by atoms with Crippen LogP contribution in [0.2, 0.25) is 0 Å². The Morgan fingerprint density at radius 3 is 2.07 bits per heavy atom. The van der Waals surface area contributed by atoms with Gasteiger partial charge in [0.1, 0.15) is 12.5 Å². The van der Waals surface area contributed by atoms with E-state index in [2.05, 4.69) is 4.99 Å². The minimum absolute atomic E-state index is 0.0949. The predicted molar refractivity (Wildman–Crippen MR) is 58.4 cm³/mol. The molecule has 3 nitrogen and oxygen atoms in total. The molecule has 82 valence electrons. The standard InChI is InChI=1S/C11H21NO2/c1-8(2)10(12-7-13)5-6-11(14)9(3)4/h8-9,13H,5-7H2,1-4H3/b12-10-. The van der Waals surface area contributed by atoms with E-state index in [0.29, 0.717) is 18.8 Å². The summed E-state index contributed by atoms with van der Waals surface area (Å²) in [6, 6.07) is 0. The molecule has 0 amide bonds. The number of hydrogen-bond acceptors (Lipinski definition) is 3. The zero-order valence-electron chi connectivity index (χ0n) is 9.58. The second-order valence-electron chi connectivity index (χ2n) is 4.07. The lowest BCUT2D eigenvalue weighted by molar-refractivity contribution is -0.121. The van der Waals surface area contributed by atoms with Crippen molar-refractivity contribution in [3.8, 4) is 0 Å². The smallest absolute Gasteiger partial charge is 0.135 e. The van der Waals surface area contributed by atoms with Gasteiger partial charge in [-0.3, -0.25) is 9.79 Å². The van der Waals surface area contributed by atoms with Crippen molar-refractivity contribution in [1.82, 2.24) is 0 Å². The Labute approximate surface area is 86.2 Å². The summed E-state index contributed by atoms with van der Waals surface area (Å²) in [6.45, 7) is 7.67. The molecule has 0 atom stereocenters. The fourth-order valence-corrected chi connectivity index (χ4v) is 1.18. The zero-order valence-corrected chi connectivity index (χ0v) is 9.58. The highest BCUT2D eigenvalue weighted by Gasteiger charge is 2.11. The number of nitrogens with zero attached hydrogens (tertiary/aromatic N) is 1. The molecule has 0 fully saturated rings. The molecule has 0 aromatic carbocycles. The number of carbonyl (C=O) groups is 1. The molecule has 0 unspecified atom stereocenters. The van der Waals surface area contributed by atoms with Gasteiger partial charge >= 0.3 is 0 Å². The third-order valence-corrected chi connectivity index (χ3v) is 2.21. The summed E-state index contributed by atoms with van der Waals surface area (Å²) >= 11 is 0. The molecular formula is C11H21NO2. The van der Waals surface area contributed by atoms with Gasteiger partial charge < -0.3 is 5.11 Å². The van der Waals surface area contributed by atoms with Gasteiger partial charge in [0.25, 0.3) is 0 Å². The Morgan fingerprint density at radius 2 is 1.71 bits per heavy atom. The number of aliphatic hydroxyl groups is 1. The van der Waals surface area contributed by atoms with Crippen LogP contribution in [0.5, 0.6) is 0 Å². The van der Waals surface area contributed by atoms with Gasteiger partial charge in [0, 0.05) is 18.1 Å². The minimum atomic E-state index is -0.177. The lowest BCUT2D eigenvalue weighted by Gasteiger charge is -2.10. The molecular weight excluding hydrogens is 178 g/mol. The van der Waals surface area contributed by atoms with Crippen molar-refractivity contribution < 1.29 is 9.90 Å². The van der Waals surface area contributed by atoms with Crippen molar-refractivity contribution >= 4 is 11.5 Å². The van der Waals surface area contributed by atoms with Crippen molar-refractivity contribution in [3.63, 3.8) is 0 Å². The summed E-state index contributed by atoms with van der Waals surface area (Å²) in [5, 5.41) is 8.69. The number of aliphatic hydroxyl groups excluding tert-OH is 1. The summed E-state index contributed by atoms with van der Waals surface area (Å²) in [7, 11) is 0. The summed E-state index contributed by atoms with van der Waals surface area (Å²) in [6.07, 6.45) is 1.21. The van der Waals surface area contributed by atoms with Crippen LogP contribution in [0, 0.1) is 11.8 Å². The van der Waals surface area contributed by atoms with Crippen LogP contribution in [0.4, 0.5) is 0 Å². The quantitative estimate of drug-likeness (QED) is 0.665. The van der Waals surface area contributed by atoms with Gasteiger partial charge in [-0.25, -0.2) is 0 Å². The summed E-state index contributed by atoms with van der Waals surface area (Å²) in [5.74, 6) is 0.663. The Bertz CT molecular complexity index is 207. The van der Waals surface area contributed by atoms with Crippen molar-refractivity contribution in [3.05, 3.63) is 0 Å². The molecule has 0 rings (SSSR count). The lowest BCUT2D eigenvalue weighted by atomic mass is 9.98. The fourth-order valence-electron chi connectivity index (χ4n) is 1.18. The molecule has 1 N–H and O–H groups in total. The number of aliphatic imine (C=N–C) groups is 1. The average Bonchev–Trinajstić information content (AvgIpc) is 2.10. The van der Waals surface area contributed by atoms with Crippen LogP contribution in [0.15, 0.2) is 4.99 Å². The van der Waals surface area contributed by atoms with Gasteiger partial charge in [-0.2, -0.15) is 0 Å². The van der Waals surface area contributed by atoms with Crippen LogP contribution >= 0.6 is 0 Å². The summed E-state index contributed by atoms with van der Waals surface area (Å²) < 4.78 is 0. The first-order valence-electron chi connectivity index (χ1n) is 5.15.